The molecule has 0 unspecified atom stereocenters. The van der Waals surface area contributed by atoms with Crippen LogP contribution in [-0.2, 0) is 0 Å². The summed E-state index contributed by atoms with van der Waals surface area (Å²) in [5.41, 5.74) is 5.48. The fraction of sp³-hybridized carbons (Fsp3) is 0.556. The number of aliphatic hydroxyl groups is 1. The van der Waals surface area contributed by atoms with Crippen LogP contribution in [0.25, 0.3) is 0 Å². The molecule has 78 valence electrons. The van der Waals surface area contributed by atoms with Gasteiger partial charge in [-0.15, -0.1) is 0 Å². The zero-order chi connectivity index (χ0) is 10.4. The van der Waals surface area contributed by atoms with E-state index in [1.54, 1.807) is 12.3 Å². The Morgan fingerprint density at radius 2 is 2.29 bits per heavy atom. The van der Waals surface area contributed by atoms with Crippen LogP contribution in [0.2, 0.25) is 0 Å². The molecule has 5 heteroatoms. The molecule has 0 fully saturated rings. The number of nitrogens with two attached hydrogens (primary N) is 1. The molecule has 0 aliphatic rings. The Hall–Kier alpha value is -1.36. The summed E-state index contributed by atoms with van der Waals surface area (Å²) < 4.78 is 0. The third-order valence-corrected chi connectivity index (χ3v) is 1.85. The maximum atomic E-state index is 8.88. The van der Waals surface area contributed by atoms with E-state index in [2.05, 4.69) is 16.9 Å². The highest BCUT2D eigenvalue weighted by Gasteiger charge is 2.06. The van der Waals surface area contributed by atoms with Crippen molar-refractivity contribution in [2.45, 2.75) is 13.3 Å². The third-order valence-electron chi connectivity index (χ3n) is 1.85. The van der Waals surface area contributed by atoms with Crippen molar-refractivity contribution in [2.75, 3.05) is 30.3 Å². The Balaban J connectivity index is 2.75. The van der Waals surface area contributed by atoms with E-state index in [1.807, 2.05) is 4.90 Å². The van der Waals surface area contributed by atoms with Crippen molar-refractivity contribution in [2.24, 2.45) is 0 Å². The van der Waals surface area contributed by atoms with Crippen molar-refractivity contribution in [1.29, 1.82) is 0 Å². The summed E-state index contributed by atoms with van der Waals surface area (Å²) in [5.74, 6) is 1.04. The van der Waals surface area contributed by atoms with Crippen molar-refractivity contribution >= 4 is 11.8 Å². The molecule has 0 aromatic carbocycles. The zero-order valence-electron chi connectivity index (χ0n) is 8.35. The average Bonchev–Trinajstić information content (AvgIpc) is 2.17. The third kappa shape index (κ3) is 2.85. The van der Waals surface area contributed by atoms with Gasteiger partial charge in [0.1, 0.15) is 5.82 Å². The highest BCUT2D eigenvalue weighted by atomic mass is 16.3. The average molecular weight is 196 g/mol. The normalized spacial score (nSPS) is 10.1. The van der Waals surface area contributed by atoms with E-state index < -0.39 is 0 Å². The number of hydrogen-bond acceptors (Lipinski definition) is 5. The summed E-state index contributed by atoms with van der Waals surface area (Å²) in [6.07, 6.45) is 2.63. The van der Waals surface area contributed by atoms with E-state index >= 15 is 0 Å². The second-order valence-electron chi connectivity index (χ2n) is 2.98. The summed E-state index contributed by atoms with van der Waals surface area (Å²) in [5, 5.41) is 8.88. The van der Waals surface area contributed by atoms with Gasteiger partial charge in [0.15, 0.2) is 0 Å². The lowest BCUT2D eigenvalue weighted by molar-refractivity contribution is 0.301. The summed E-state index contributed by atoms with van der Waals surface area (Å²) in [6.45, 7) is 3.63. The number of nitrogens with zero attached hydrogens (tertiary/aromatic N) is 3. The molecule has 0 spiro atoms. The summed E-state index contributed by atoms with van der Waals surface area (Å²) in [6, 6.07) is 1.79. The van der Waals surface area contributed by atoms with Gasteiger partial charge in [0.05, 0.1) is 6.61 Å². The van der Waals surface area contributed by atoms with Crippen LogP contribution in [0.4, 0.5) is 11.8 Å². The van der Waals surface area contributed by atoms with E-state index in [1.165, 1.54) is 0 Å². The van der Waals surface area contributed by atoms with E-state index in [4.69, 9.17) is 10.8 Å². The van der Waals surface area contributed by atoms with Crippen molar-refractivity contribution in [3.05, 3.63) is 12.3 Å². The summed E-state index contributed by atoms with van der Waals surface area (Å²) >= 11 is 0. The quantitative estimate of drug-likeness (QED) is 0.707. The molecule has 0 radical (unpaired) electrons. The van der Waals surface area contributed by atoms with Crippen LogP contribution in [0.15, 0.2) is 12.3 Å². The highest BCUT2D eigenvalue weighted by molar-refractivity contribution is 5.40. The SMILES string of the molecule is CCCN(CCO)c1ccnc(N)n1. The predicted molar refractivity (Wildman–Crippen MR) is 56.0 cm³/mol. The van der Waals surface area contributed by atoms with Gasteiger partial charge in [-0.2, -0.15) is 4.98 Å². The molecular formula is C9H16N4O. The monoisotopic (exact) mass is 196 g/mol. The van der Waals surface area contributed by atoms with Crippen molar-refractivity contribution in [3.63, 3.8) is 0 Å². The Morgan fingerprint density at radius 3 is 2.86 bits per heavy atom. The molecule has 0 aliphatic heterocycles. The number of aromatic nitrogens is 2. The first kappa shape index (κ1) is 10.7. The molecular weight excluding hydrogens is 180 g/mol. The van der Waals surface area contributed by atoms with Gasteiger partial charge in [0.25, 0.3) is 0 Å². The second kappa shape index (κ2) is 5.39. The fourth-order valence-corrected chi connectivity index (χ4v) is 1.27. The highest BCUT2D eigenvalue weighted by Crippen LogP contribution is 2.10. The van der Waals surface area contributed by atoms with Gasteiger partial charge < -0.3 is 15.7 Å². The van der Waals surface area contributed by atoms with Crippen molar-refractivity contribution in [1.82, 2.24) is 9.97 Å². The zero-order valence-corrected chi connectivity index (χ0v) is 8.35. The molecule has 0 bridgehead atoms. The smallest absolute Gasteiger partial charge is 0.221 e. The van der Waals surface area contributed by atoms with Crippen LogP contribution in [-0.4, -0.2) is 34.8 Å². The van der Waals surface area contributed by atoms with E-state index in [0.29, 0.717) is 6.54 Å². The molecule has 3 N–H and O–H groups in total. The van der Waals surface area contributed by atoms with Crippen LogP contribution in [0.1, 0.15) is 13.3 Å². The molecule has 0 atom stereocenters. The molecule has 1 aromatic rings. The maximum Gasteiger partial charge on any atom is 0.221 e. The van der Waals surface area contributed by atoms with Gasteiger partial charge in [-0.1, -0.05) is 6.92 Å². The van der Waals surface area contributed by atoms with E-state index in [-0.39, 0.29) is 12.6 Å². The number of hydrogen-bond donors (Lipinski definition) is 2. The van der Waals surface area contributed by atoms with Crippen LogP contribution in [0.3, 0.4) is 0 Å². The van der Waals surface area contributed by atoms with Gasteiger partial charge >= 0.3 is 0 Å². The largest absolute Gasteiger partial charge is 0.395 e. The molecule has 0 saturated heterocycles. The molecule has 0 amide bonds. The lowest BCUT2D eigenvalue weighted by Crippen LogP contribution is -2.28. The molecule has 0 aliphatic carbocycles. The molecule has 1 heterocycles. The second-order valence-corrected chi connectivity index (χ2v) is 2.98. The first-order chi connectivity index (χ1) is 6.77. The number of anilines is 2. The first-order valence-electron chi connectivity index (χ1n) is 4.72. The summed E-state index contributed by atoms with van der Waals surface area (Å²) in [7, 11) is 0. The Morgan fingerprint density at radius 1 is 1.50 bits per heavy atom. The lowest BCUT2D eigenvalue weighted by Gasteiger charge is -2.21. The van der Waals surface area contributed by atoms with E-state index in [0.717, 1.165) is 18.8 Å². The Kier molecular flexibility index (Phi) is 4.12. The lowest BCUT2D eigenvalue weighted by atomic mass is 10.4. The number of rotatable bonds is 5. The van der Waals surface area contributed by atoms with Gasteiger partial charge in [-0.3, -0.25) is 0 Å². The van der Waals surface area contributed by atoms with Gasteiger partial charge in [-0.05, 0) is 12.5 Å². The minimum Gasteiger partial charge on any atom is -0.395 e. The number of nitrogen functional groups attached to an aromatic ring is 1. The summed E-state index contributed by atoms with van der Waals surface area (Å²) in [4.78, 5) is 9.90. The van der Waals surface area contributed by atoms with Crippen LogP contribution in [0, 0.1) is 0 Å². The topological polar surface area (TPSA) is 75.3 Å². The molecule has 5 nitrogen and oxygen atoms in total. The van der Waals surface area contributed by atoms with E-state index in [9.17, 15) is 0 Å². The van der Waals surface area contributed by atoms with Crippen molar-refractivity contribution < 1.29 is 5.11 Å². The number of aliphatic hydroxyl groups excluding tert-OH is 1. The first-order valence-corrected chi connectivity index (χ1v) is 4.72. The molecule has 1 aromatic heterocycles. The molecule has 14 heavy (non-hydrogen) atoms. The Labute approximate surface area is 83.6 Å². The van der Waals surface area contributed by atoms with Crippen LogP contribution in [0.5, 0.6) is 0 Å². The predicted octanol–water partition coefficient (Wildman–Crippen LogP) is 0.268. The van der Waals surface area contributed by atoms with Crippen molar-refractivity contribution in [3.8, 4) is 0 Å². The minimum atomic E-state index is 0.115. The fourth-order valence-electron chi connectivity index (χ4n) is 1.27. The van der Waals surface area contributed by atoms with Crippen LogP contribution < -0.4 is 10.6 Å². The minimum absolute atomic E-state index is 0.115. The van der Waals surface area contributed by atoms with Gasteiger partial charge in [0.2, 0.25) is 5.95 Å². The van der Waals surface area contributed by atoms with Gasteiger partial charge in [0, 0.05) is 19.3 Å². The van der Waals surface area contributed by atoms with Gasteiger partial charge in [-0.25, -0.2) is 4.98 Å². The molecule has 0 saturated carbocycles. The molecule has 1 rings (SSSR count). The standard InChI is InChI=1S/C9H16N4O/c1-2-5-13(6-7-14)8-3-4-11-9(10)12-8/h3-4,14H,2,5-7H2,1H3,(H2,10,11,12). The Bertz CT molecular complexity index is 273. The van der Waals surface area contributed by atoms with Crippen LogP contribution >= 0.6 is 0 Å². The maximum absolute atomic E-state index is 8.88.